The topological polar surface area (TPSA) is 23.6 Å². The highest BCUT2D eigenvalue weighted by Gasteiger charge is 2.29. The molecule has 1 saturated heterocycles. The summed E-state index contributed by atoms with van der Waals surface area (Å²) in [6, 6.07) is 6.53. The highest BCUT2D eigenvalue weighted by molar-refractivity contribution is 6.00. The number of piperazine rings is 1. The average Bonchev–Trinajstić information content (AvgIpc) is 2.48. The van der Waals surface area contributed by atoms with Crippen molar-refractivity contribution in [3.63, 3.8) is 0 Å². The third kappa shape index (κ3) is 3.53. The molecule has 0 N–H and O–H groups in total. The highest BCUT2D eigenvalue weighted by Crippen LogP contribution is 2.17. The lowest BCUT2D eigenvalue weighted by Gasteiger charge is -2.41. The number of Topliss-reactive ketones (excluding diaryl/α,β-unsaturated/α-hetero) is 1. The Morgan fingerprint density at radius 3 is 2.57 bits per heavy atom. The van der Waals surface area contributed by atoms with Crippen molar-refractivity contribution in [2.45, 2.75) is 46.7 Å². The molecule has 2 atom stereocenters. The molecule has 1 aliphatic heterocycles. The van der Waals surface area contributed by atoms with Crippen LogP contribution in [0.4, 0.5) is 0 Å². The van der Waals surface area contributed by atoms with Gasteiger partial charge in [-0.15, -0.1) is 0 Å². The molecule has 116 valence electrons. The van der Waals surface area contributed by atoms with E-state index in [1.54, 1.807) is 0 Å². The zero-order valence-electron chi connectivity index (χ0n) is 14.0. The zero-order valence-corrected chi connectivity index (χ0v) is 14.0. The van der Waals surface area contributed by atoms with Crippen LogP contribution >= 0.6 is 0 Å². The summed E-state index contributed by atoms with van der Waals surface area (Å²) in [6.07, 6.45) is 0. The van der Waals surface area contributed by atoms with Gasteiger partial charge in [-0.05, 0) is 51.4 Å². The lowest BCUT2D eigenvalue weighted by Crippen LogP contribution is -2.55. The molecule has 0 amide bonds. The summed E-state index contributed by atoms with van der Waals surface area (Å²) in [6.45, 7) is 14.8. The first-order valence-corrected chi connectivity index (χ1v) is 8.03. The van der Waals surface area contributed by atoms with Crippen LogP contribution in [0, 0.1) is 13.8 Å². The molecule has 3 heteroatoms. The number of rotatable bonds is 4. The first-order valence-electron chi connectivity index (χ1n) is 8.03. The number of ketones is 1. The van der Waals surface area contributed by atoms with Crippen molar-refractivity contribution < 1.29 is 4.79 Å². The van der Waals surface area contributed by atoms with E-state index in [1.165, 1.54) is 11.1 Å². The van der Waals surface area contributed by atoms with Gasteiger partial charge in [-0.3, -0.25) is 14.6 Å². The Balaban J connectivity index is 2.07. The van der Waals surface area contributed by atoms with Gasteiger partial charge in [-0.2, -0.15) is 0 Å². The fourth-order valence-electron chi connectivity index (χ4n) is 3.15. The molecular weight excluding hydrogens is 260 g/mol. The van der Waals surface area contributed by atoms with E-state index >= 15 is 0 Å². The fraction of sp³-hybridized carbons (Fsp3) is 0.611. The van der Waals surface area contributed by atoms with Crippen LogP contribution in [-0.4, -0.2) is 53.8 Å². The fourth-order valence-corrected chi connectivity index (χ4v) is 3.15. The van der Waals surface area contributed by atoms with Crippen molar-refractivity contribution in [3.05, 3.63) is 34.9 Å². The third-order valence-corrected chi connectivity index (χ3v) is 4.92. The lowest BCUT2D eigenvalue weighted by atomic mass is 9.99. The Labute approximate surface area is 128 Å². The molecule has 3 nitrogen and oxygen atoms in total. The van der Waals surface area contributed by atoms with Crippen molar-refractivity contribution in [3.8, 4) is 0 Å². The molecule has 1 aliphatic rings. The zero-order chi connectivity index (χ0) is 15.6. The van der Waals surface area contributed by atoms with E-state index < -0.39 is 0 Å². The third-order valence-electron chi connectivity index (χ3n) is 4.92. The number of hydrogen-bond donors (Lipinski definition) is 0. The molecule has 0 aromatic heterocycles. The Hall–Kier alpha value is -1.19. The van der Waals surface area contributed by atoms with Crippen LogP contribution in [0.2, 0.25) is 0 Å². The van der Waals surface area contributed by atoms with E-state index in [0.717, 1.165) is 31.7 Å². The summed E-state index contributed by atoms with van der Waals surface area (Å²) in [5.74, 6) is 0.246. The van der Waals surface area contributed by atoms with E-state index in [2.05, 4.69) is 37.5 Å². The first kappa shape index (κ1) is 16.2. The summed E-state index contributed by atoms with van der Waals surface area (Å²) in [5, 5.41) is 0. The van der Waals surface area contributed by atoms with Crippen LogP contribution in [0.25, 0.3) is 0 Å². The average molecular weight is 288 g/mol. The van der Waals surface area contributed by atoms with E-state index in [4.69, 9.17) is 0 Å². The minimum atomic E-state index is -0.0337. The second kappa shape index (κ2) is 6.71. The van der Waals surface area contributed by atoms with E-state index in [0.29, 0.717) is 6.04 Å². The summed E-state index contributed by atoms with van der Waals surface area (Å²) in [4.78, 5) is 17.5. The Bertz CT molecular complexity index is 512. The van der Waals surface area contributed by atoms with Gasteiger partial charge in [0.2, 0.25) is 0 Å². The van der Waals surface area contributed by atoms with Crippen molar-refractivity contribution in [2.24, 2.45) is 0 Å². The van der Waals surface area contributed by atoms with Gasteiger partial charge in [0.15, 0.2) is 5.78 Å². The summed E-state index contributed by atoms with van der Waals surface area (Å²) >= 11 is 0. The van der Waals surface area contributed by atoms with Crippen molar-refractivity contribution >= 4 is 5.78 Å². The molecule has 21 heavy (non-hydrogen) atoms. The Kier molecular flexibility index (Phi) is 5.17. The van der Waals surface area contributed by atoms with Gasteiger partial charge in [0.1, 0.15) is 0 Å². The number of nitrogens with zero attached hydrogens (tertiary/aromatic N) is 2. The van der Waals surface area contributed by atoms with Gasteiger partial charge in [-0.25, -0.2) is 0 Å². The quantitative estimate of drug-likeness (QED) is 0.796. The van der Waals surface area contributed by atoms with Gasteiger partial charge < -0.3 is 0 Å². The van der Waals surface area contributed by atoms with Gasteiger partial charge in [0, 0.05) is 31.2 Å². The van der Waals surface area contributed by atoms with E-state index in [-0.39, 0.29) is 11.8 Å². The number of benzene rings is 1. The van der Waals surface area contributed by atoms with Crippen LogP contribution in [-0.2, 0) is 0 Å². The normalized spacial score (nSPS) is 22.2. The second-order valence-corrected chi connectivity index (χ2v) is 6.31. The maximum Gasteiger partial charge on any atom is 0.179 e. The maximum absolute atomic E-state index is 12.7. The van der Waals surface area contributed by atoms with Gasteiger partial charge in [-0.1, -0.05) is 19.1 Å². The van der Waals surface area contributed by atoms with Crippen molar-refractivity contribution in [1.29, 1.82) is 0 Å². The molecule has 1 fully saturated rings. The number of hydrogen-bond acceptors (Lipinski definition) is 3. The highest BCUT2D eigenvalue weighted by atomic mass is 16.1. The lowest BCUT2D eigenvalue weighted by molar-refractivity contribution is 0.0533. The molecule has 2 unspecified atom stereocenters. The summed E-state index contributed by atoms with van der Waals surface area (Å²) in [7, 11) is 0. The van der Waals surface area contributed by atoms with Crippen LogP contribution < -0.4 is 0 Å². The predicted molar refractivity (Wildman–Crippen MR) is 88.0 cm³/mol. The minimum absolute atomic E-state index is 0.0337. The summed E-state index contributed by atoms with van der Waals surface area (Å²) in [5.41, 5.74) is 3.28. The molecule has 1 heterocycles. The van der Waals surface area contributed by atoms with Crippen LogP contribution in [0.5, 0.6) is 0 Å². The maximum atomic E-state index is 12.7. The van der Waals surface area contributed by atoms with Gasteiger partial charge >= 0.3 is 0 Å². The molecule has 0 saturated carbocycles. The smallest absolute Gasteiger partial charge is 0.179 e. The van der Waals surface area contributed by atoms with Crippen molar-refractivity contribution in [1.82, 2.24) is 9.80 Å². The Morgan fingerprint density at radius 1 is 1.29 bits per heavy atom. The number of carbonyl (C=O) groups excluding carboxylic acids is 1. The number of likely N-dealkylation sites (N-methyl/N-ethyl adjacent to an activating group) is 1. The minimum Gasteiger partial charge on any atom is -0.298 e. The van der Waals surface area contributed by atoms with Crippen LogP contribution in [0.15, 0.2) is 18.2 Å². The molecular formula is C18H28N2O. The monoisotopic (exact) mass is 288 g/mol. The molecule has 0 radical (unpaired) electrons. The molecule has 0 aliphatic carbocycles. The molecule has 2 rings (SSSR count). The molecule has 0 bridgehead atoms. The second-order valence-electron chi connectivity index (χ2n) is 6.31. The van der Waals surface area contributed by atoms with E-state index in [9.17, 15) is 4.79 Å². The largest absolute Gasteiger partial charge is 0.298 e. The Morgan fingerprint density at radius 2 is 2.00 bits per heavy atom. The van der Waals surface area contributed by atoms with Crippen LogP contribution in [0.1, 0.15) is 42.3 Å². The van der Waals surface area contributed by atoms with Gasteiger partial charge in [0.05, 0.1) is 6.04 Å². The predicted octanol–water partition coefficient (Wildman–Crippen LogP) is 2.90. The van der Waals surface area contributed by atoms with Crippen LogP contribution in [0.3, 0.4) is 0 Å². The molecule has 0 spiro atoms. The number of aryl methyl sites for hydroxylation is 2. The van der Waals surface area contributed by atoms with E-state index in [1.807, 2.05) is 25.1 Å². The SMILES string of the molecule is CCN1CCN(C(C)C(=O)c2ccc(C)c(C)c2)CC1C. The first-order chi connectivity index (χ1) is 9.93. The summed E-state index contributed by atoms with van der Waals surface area (Å²) < 4.78 is 0. The van der Waals surface area contributed by atoms with Gasteiger partial charge in [0.25, 0.3) is 0 Å². The standard InChI is InChI=1S/C18H28N2O/c1-6-19-9-10-20(12-15(19)4)16(5)18(21)17-8-7-13(2)14(3)11-17/h7-8,11,15-16H,6,9-10,12H2,1-5H3. The molecule has 1 aromatic carbocycles. The van der Waals surface area contributed by atoms with Crippen molar-refractivity contribution in [2.75, 3.05) is 26.2 Å². The number of carbonyl (C=O) groups is 1. The molecule has 1 aromatic rings.